The topological polar surface area (TPSA) is 41.5 Å². The normalized spacial score (nSPS) is 11.5. The van der Waals surface area contributed by atoms with Crippen molar-refractivity contribution in [2.75, 3.05) is 0 Å². The van der Waals surface area contributed by atoms with Crippen LogP contribution in [0.25, 0.3) is 0 Å². The molecule has 0 heterocycles. The molecule has 0 aliphatic rings. The van der Waals surface area contributed by atoms with Crippen LogP contribution in [0, 0.1) is 5.92 Å². The van der Waals surface area contributed by atoms with E-state index in [0.717, 1.165) is 17.7 Å². The molecular formula is C18H19ClN2O. The zero-order valence-electron chi connectivity index (χ0n) is 12.7. The molecule has 114 valence electrons. The Balaban J connectivity index is 2.15. The van der Waals surface area contributed by atoms with Crippen LogP contribution in [-0.2, 0) is 0 Å². The van der Waals surface area contributed by atoms with E-state index in [4.69, 9.17) is 11.6 Å². The summed E-state index contributed by atoms with van der Waals surface area (Å²) in [5, 5.41) is 4.92. The summed E-state index contributed by atoms with van der Waals surface area (Å²) in [6, 6.07) is 16.6. The molecule has 0 spiro atoms. The Hall–Kier alpha value is -2.13. The number of amides is 1. The second kappa shape index (κ2) is 7.76. The molecule has 0 saturated heterocycles. The van der Waals surface area contributed by atoms with Gasteiger partial charge in [-0.15, -0.1) is 0 Å². The molecule has 3 nitrogen and oxygen atoms in total. The van der Waals surface area contributed by atoms with Crippen molar-refractivity contribution in [3.8, 4) is 0 Å². The maximum absolute atomic E-state index is 12.1. The van der Waals surface area contributed by atoms with Crippen LogP contribution in [0.2, 0.25) is 5.02 Å². The van der Waals surface area contributed by atoms with Crippen molar-refractivity contribution < 1.29 is 4.79 Å². The Morgan fingerprint density at radius 2 is 1.68 bits per heavy atom. The number of nitrogens with one attached hydrogen (secondary N) is 1. The molecule has 0 fully saturated rings. The smallest absolute Gasteiger partial charge is 0.267 e. The lowest BCUT2D eigenvalue weighted by molar-refractivity contribution is 0.0954. The van der Waals surface area contributed by atoms with Crippen molar-refractivity contribution in [2.24, 2.45) is 11.0 Å². The van der Waals surface area contributed by atoms with Crippen molar-refractivity contribution in [1.82, 2.24) is 5.43 Å². The van der Waals surface area contributed by atoms with E-state index in [1.54, 1.807) is 24.3 Å². The maximum Gasteiger partial charge on any atom is 0.271 e. The third-order valence-electron chi connectivity index (χ3n) is 3.11. The monoisotopic (exact) mass is 314 g/mol. The molecule has 0 unspecified atom stereocenters. The van der Waals surface area contributed by atoms with Gasteiger partial charge in [0.05, 0.1) is 5.71 Å². The molecule has 0 atom stereocenters. The summed E-state index contributed by atoms with van der Waals surface area (Å²) in [6.07, 6.45) is 0.797. The maximum atomic E-state index is 12.1. The lowest BCUT2D eigenvalue weighted by atomic mass is 10.0. The molecule has 0 aliphatic heterocycles. The fourth-order valence-corrected chi connectivity index (χ4v) is 2.16. The van der Waals surface area contributed by atoms with E-state index < -0.39 is 0 Å². The first-order valence-corrected chi connectivity index (χ1v) is 7.62. The fourth-order valence-electron chi connectivity index (χ4n) is 2.03. The van der Waals surface area contributed by atoms with Crippen LogP contribution in [0.5, 0.6) is 0 Å². The number of halogens is 1. The number of hydrazone groups is 1. The average Bonchev–Trinajstić information content (AvgIpc) is 2.52. The van der Waals surface area contributed by atoms with E-state index in [-0.39, 0.29) is 5.91 Å². The van der Waals surface area contributed by atoms with Gasteiger partial charge in [0.1, 0.15) is 0 Å². The zero-order chi connectivity index (χ0) is 15.9. The Kier molecular flexibility index (Phi) is 5.73. The van der Waals surface area contributed by atoms with Gasteiger partial charge in [-0.25, -0.2) is 5.43 Å². The Morgan fingerprint density at radius 3 is 2.27 bits per heavy atom. The van der Waals surface area contributed by atoms with Crippen LogP contribution in [0.4, 0.5) is 0 Å². The van der Waals surface area contributed by atoms with Crippen molar-refractivity contribution in [3.63, 3.8) is 0 Å². The van der Waals surface area contributed by atoms with Gasteiger partial charge >= 0.3 is 0 Å². The average molecular weight is 315 g/mol. The van der Waals surface area contributed by atoms with E-state index in [9.17, 15) is 4.79 Å². The number of carbonyl (C=O) groups is 1. The second-order valence-corrected chi connectivity index (χ2v) is 5.91. The molecule has 22 heavy (non-hydrogen) atoms. The minimum Gasteiger partial charge on any atom is -0.267 e. The van der Waals surface area contributed by atoms with Crippen molar-refractivity contribution in [1.29, 1.82) is 0 Å². The highest BCUT2D eigenvalue weighted by atomic mass is 35.5. The highest BCUT2D eigenvalue weighted by Gasteiger charge is 2.08. The fraction of sp³-hybridized carbons (Fsp3) is 0.222. The molecule has 0 radical (unpaired) electrons. The van der Waals surface area contributed by atoms with Gasteiger partial charge in [-0.2, -0.15) is 5.10 Å². The molecule has 2 rings (SSSR count). The van der Waals surface area contributed by atoms with E-state index >= 15 is 0 Å². The Morgan fingerprint density at radius 1 is 1.05 bits per heavy atom. The van der Waals surface area contributed by atoms with Crippen LogP contribution in [0.1, 0.15) is 36.2 Å². The Labute approximate surface area is 136 Å². The molecule has 0 aliphatic carbocycles. The standard InChI is InChI=1S/C18H19ClN2O/c1-13(2)12-17(14-6-4-3-5-7-14)20-21-18(22)15-8-10-16(19)11-9-15/h3-11,13H,12H2,1-2H3,(H,21,22). The largest absolute Gasteiger partial charge is 0.271 e. The summed E-state index contributed by atoms with van der Waals surface area (Å²) in [4.78, 5) is 12.1. The summed E-state index contributed by atoms with van der Waals surface area (Å²) in [7, 11) is 0. The molecule has 2 aromatic rings. The highest BCUT2D eigenvalue weighted by molar-refractivity contribution is 6.30. The quantitative estimate of drug-likeness (QED) is 0.640. The van der Waals surface area contributed by atoms with Gasteiger partial charge in [-0.1, -0.05) is 55.8 Å². The number of hydrogen-bond donors (Lipinski definition) is 1. The second-order valence-electron chi connectivity index (χ2n) is 5.47. The van der Waals surface area contributed by atoms with Crippen LogP contribution < -0.4 is 5.43 Å². The number of benzene rings is 2. The van der Waals surface area contributed by atoms with E-state index in [1.807, 2.05) is 30.3 Å². The molecule has 0 aromatic heterocycles. The molecule has 4 heteroatoms. The van der Waals surface area contributed by atoms with Crippen molar-refractivity contribution in [2.45, 2.75) is 20.3 Å². The Bertz CT molecular complexity index is 649. The van der Waals surface area contributed by atoms with Gasteiger partial charge < -0.3 is 0 Å². The van der Waals surface area contributed by atoms with Gasteiger partial charge in [0.2, 0.25) is 0 Å². The summed E-state index contributed by atoms with van der Waals surface area (Å²) < 4.78 is 0. The molecular weight excluding hydrogens is 296 g/mol. The first-order chi connectivity index (χ1) is 10.6. The summed E-state index contributed by atoms with van der Waals surface area (Å²) >= 11 is 5.82. The molecule has 2 aromatic carbocycles. The van der Waals surface area contributed by atoms with E-state index in [0.29, 0.717) is 16.5 Å². The minimum atomic E-state index is -0.242. The van der Waals surface area contributed by atoms with E-state index in [2.05, 4.69) is 24.4 Å². The lowest BCUT2D eigenvalue weighted by Crippen LogP contribution is -2.20. The van der Waals surface area contributed by atoms with Crippen LogP contribution in [-0.4, -0.2) is 11.6 Å². The van der Waals surface area contributed by atoms with Crippen LogP contribution in [0.15, 0.2) is 59.7 Å². The number of rotatable bonds is 5. The van der Waals surface area contributed by atoms with Gasteiger partial charge in [0, 0.05) is 10.6 Å². The van der Waals surface area contributed by atoms with Gasteiger partial charge in [0.15, 0.2) is 0 Å². The van der Waals surface area contributed by atoms with Crippen molar-refractivity contribution >= 4 is 23.2 Å². The van der Waals surface area contributed by atoms with E-state index in [1.165, 1.54) is 0 Å². The first kappa shape index (κ1) is 16.2. The van der Waals surface area contributed by atoms with Crippen LogP contribution >= 0.6 is 11.6 Å². The first-order valence-electron chi connectivity index (χ1n) is 7.24. The van der Waals surface area contributed by atoms with Gasteiger partial charge in [-0.05, 0) is 42.2 Å². The van der Waals surface area contributed by atoms with Crippen LogP contribution in [0.3, 0.4) is 0 Å². The number of nitrogens with zero attached hydrogens (tertiary/aromatic N) is 1. The molecule has 0 bridgehead atoms. The summed E-state index contributed by atoms with van der Waals surface area (Å²) in [5.74, 6) is 0.209. The third kappa shape index (κ3) is 4.71. The summed E-state index contributed by atoms with van der Waals surface area (Å²) in [5.41, 5.74) is 5.05. The third-order valence-corrected chi connectivity index (χ3v) is 3.36. The minimum absolute atomic E-state index is 0.242. The molecule has 0 saturated carbocycles. The van der Waals surface area contributed by atoms with Gasteiger partial charge in [-0.3, -0.25) is 4.79 Å². The predicted molar refractivity (Wildman–Crippen MR) is 91.4 cm³/mol. The number of carbonyl (C=O) groups excluding carboxylic acids is 1. The van der Waals surface area contributed by atoms with Gasteiger partial charge in [0.25, 0.3) is 5.91 Å². The molecule has 1 amide bonds. The molecule has 1 N–H and O–H groups in total. The lowest BCUT2D eigenvalue weighted by Gasteiger charge is -2.10. The number of hydrogen-bond acceptors (Lipinski definition) is 2. The SMILES string of the molecule is CC(C)CC(=NNC(=O)c1ccc(Cl)cc1)c1ccccc1. The zero-order valence-corrected chi connectivity index (χ0v) is 13.5. The highest BCUT2D eigenvalue weighted by Crippen LogP contribution is 2.11. The summed E-state index contributed by atoms with van der Waals surface area (Å²) in [6.45, 7) is 4.25. The van der Waals surface area contributed by atoms with Crippen molar-refractivity contribution in [3.05, 3.63) is 70.7 Å². The predicted octanol–water partition coefficient (Wildman–Crippen LogP) is 4.52.